The van der Waals surface area contributed by atoms with Crippen molar-refractivity contribution in [3.8, 4) is 0 Å². The quantitative estimate of drug-likeness (QED) is 0.619. The lowest BCUT2D eigenvalue weighted by molar-refractivity contribution is -0.127. The van der Waals surface area contributed by atoms with Crippen LogP contribution >= 0.6 is 11.6 Å². The second kappa shape index (κ2) is 7.26. The highest BCUT2D eigenvalue weighted by atomic mass is 35.5. The molecule has 22 heavy (non-hydrogen) atoms. The number of aliphatic hydroxyl groups is 1. The molecule has 0 aromatic heterocycles. The summed E-state index contributed by atoms with van der Waals surface area (Å²) in [6.45, 7) is 12.3. The Morgan fingerprint density at radius 3 is 2.18 bits per heavy atom. The van der Waals surface area contributed by atoms with E-state index in [4.69, 9.17) is 16.0 Å². The van der Waals surface area contributed by atoms with Crippen molar-refractivity contribution in [2.75, 3.05) is 0 Å². The van der Waals surface area contributed by atoms with Gasteiger partial charge in [0.15, 0.2) is 14.1 Å². The monoisotopic (exact) mass is 342 g/mol. The summed E-state index contributed by atoms with van der Waals surface area (Å²) >= 11 is 6.19. The zero-order valence-corrected chi connectivity index (χ0v) is 16.0. The molecule has 0 saturated heterocycles. The predicted molar refractivity (Wildman–Crippen MR) is 93.8 cm³/mol. The number of ketones is 1. The molecule has 1 aromatic rings. The van der Waals surface area contributed by atoms with Gasteiger partial charge >= 0.3 is 0 Å². The maximum atomic E-state index is 12.5. The molecular weight excluding hydrogens is 316 g/mol. The Morgan fingerprint density at radius 2 is 1.73 bits per heavy atom. The standard InChI is InChI=1S/C17H27ClO3Si/c1-12(21-22(5,6)17(2,3)4)15(19)14(18)16(20)13-10-8-7-9-11-13/h7-12,14,16,20H,1-6H3/t12-,14-,16-/m0/s1. The summed E-state index contributed by atoms with van der Waals surface area (Å²) in [4.78, 5) is 12.5. The number of Topliss-reactive ketones (excluding diaryl/α,β-unsaturated/α-hetero) is 1. The first kappa shape index (κ1) is 19.4. The van der Waals surface area contributed by atoms with E-state index >= 15 is 0 Å². The number of carbonyl (C=O) groups is 1. The topological polar surface area (TPSA) is 46.5 Å². The first-order valence-electron chi connectivity index (χ1n) is 7.56. The third-order valence-corrected chi connectivity index (χ3v) is 9.38. The minimum absolute atomic E-state index is 0.0153. The molecular formula is C17H27ClO3Si. The molecule has 0 aliphatic heterocycles. The van der Waals surface area contributed by atoms with Crippen LogP contribution in [0.25, 0.3) is 0 Å². The second-order valence-electron chi connectivity index (χ2n) is 7.18. The lowest BCUT2D eigenvalue weighted by Crippen LogP contribution is -2.47. The van der Waals surface area contributed by atoms with Gasteiger partial charge in [0.25, 0.3) is 0 Å². The Kier molecular flexibility index (Phi) is 6.39. The van der Waals surface area contributed by atoms with Crippen molar-refractivity contribution in [3.05, 3.63) is 35.9 Å². The molecule has 0 unspecified atom stereocenters. The fourth-order valence-corrected chi connectivity index (χ4v) is 3.55. The largest absolute Gasteiger partial charge is 0.407 e. The molecule has 3 nitrogen and oxygen atoms in total. The zero-order valence-electron chi connectivity index (χ0n) is 14.3. The molecule has 0 radical (unpaired) electrons. The fourth-order valence-electron chi connectivity index (χ4n) is 1.88. The molecule has 1 aromatic carbocycles. The summed E-state index contributed by atoms with van der Waals surface area (Å²) in [6.07, 6.45) is -1.65. The molecule has 1 rings (SSSR count). The van der Waals surface area contributed by atoms with Crippen LogP contribution in [0.2, 0.25) is 18.1 Å². The van der Waals surface area contributed by atoms with Gasteiger partial charge in [0.2, 0.25) is 0 Å². The average Bonchev–Trinajstić information content (AvgIpc) is 2.44. The first-order chi connectivity index (χ1) is 9.97. The summed E-state index contributed by atoms with van der Waals surface area (Å²) < 4.78 is 6.06. The summed E-state index contributed by atoms with van der Waals surface area (Å²) in [5.41, 5.74) is 0.635. The van der Waals surface area contributed by atoms with E-state index < -0.39 is 25.9 Å². The Balaban J connectivity index is 2.78. The molecule has 1 N–H and O–H groups in total. The van der Waals surface area contributed by atoms with Gasteiger partial charge in [-0.05, 0) is 30.6 Å². The van der Waals surface area contributed by atoms with Gasteiger partial charge in [-0.1, -0.05) is 51.1 Å². The summed E-state index contributed by atoms with van der Waals surface area (Å²) in [6, 6.07) is 8.98. The van der Waals surface area contributed by atoms with E-state index in [0.717, 1.165) is 0 Å². The van der Waals surface area contributed by atoms with E-state index in [1.807, 2.05) is 18.2 Å². The number of benzene rings is 1. The van der Waals surface area contributed by atoms with Crippen molar-refractivity contribution < 1.29 is 14.3 Å². The lowest BCUT2D eigenvalue weighted by Gasteiger charge is -2.38. The first-order valence-corrected chi connectivity index (χ1v) is 10.9. The molecule has 0 saturated carbocycles. The van der Waals surface area contributed by atoms with Gasteiger partial charge < -0.3 is 9.53 Å². The van der Waals surface area contributed by atoms with Crippen LogP contribution in [-0.2, 0) is 9.22 Å². The Morgan fingerprint density at radius 1 is 1.23 bits per heavy atom. The number of carbonyl (C=O) groups excluding carboxylic acids is 1. The molecule has 0 spiro atoms. The normalized spacial score (nSPS) is 16.9. The number of hydrogen-bond donors (Lipinski definition) is 1. The van der Waals surface area contributed by atoms with Gasteiger partial charge in [-0.3, -0.25) is 4.79 Å². The van der Waals surface area contributed by atoms with Crippen molar-refractivity contribution in [3.63, 3.8) is 0 Å². The van der Waals surface area contributed by atoms with Crippen molar-refractivity contribution in [2.45, 2.75) is 63.4 Å². The van der Waals surface area contributed by atoms with Crippen molar-refractivity contribution in [1.29, 1.82) is 0 Å². The molecule has 0 aliphatic rings. The molecule has 5 heteroatoms. The summed E-state index contributed by atoms with van der Waals surface area (Å²) in [7, 11) is -2.05. The van der Waals surface area contributed by atoms with Crippen LogP contribution in [0.1, 0.15) is 39.4 Å². The van der Waals surface area contributed by atoms with Gasteiger partial charge in [0.05, 0.1) is 0 Å². The van der Waals surface area contributed by atoms with Crippen LogP contribution in [0.4, 0.5) is 0 Å². The van der Waals surface area contributed by atoms with Crippen LogP contribution in [0.3, 0.4) is 0 Å². The molecule has 0 aliphatic carbocycles. The highest BCUT2D eigenvalue weighted by Gasteiger charge is 2.41. The minimum Gasteiger partial charge on any atom is -0.407 e. The summed E-state index contributed by atoms with van der Waals surface area (Å²) in [5, 5.41) is 9.27. The highest BCUT2D eigenvalue weighted by Crippen LogP contribution is 2.37. The van der Waals surface area contributed by atoms with Gasteiger partial charge in [-0.2, -0.15) is 0 Å². The van der Waals surface area contributed by atoms with Crippen LogP contribution < -0.4 is 0 Å². The Hall–Kier alpha value is -0.683. The summed E-state index contributed by atoms with van der Waals surface area (Å²) in [5.74, 6) is -0.275. The molecule has 0 fully saturated rings. The van der Waals surface area contributed by atoms with Gasteiger partial charge in [0.1, 0.15) is 17.6 Å². The third-order valence-electron chi connectivity index (χ3n) is 4.37. The molecule has 0 heterocycles. The molecule has 3 atom stereocenters. The van der Waals surface area contributed by atoms with E-state index in [2.05, 4.69) is 33.9 Å². The number of rotatable bonds is 6. The highest BCUT2D eigenvalue weighted by molar-refractivity contribution is 6.74. The van der Waals surface area contributed by atoms with Crippen LogP contribution in [-0.4, -0.2) is 30.7 Å². The fraction of sp³-hybridized carbons (Fsp3) is 0.588. The molecule has 124 valence electrons. The van der Waals surface area contributed by atoms with E-state index in [9.17, 15) is 9.90 Å². The van der Waals surface area contributed by atoms with E-state index in [1.165, 1.54) is 0 Å². The van der Waals surface area contributed by atoms with Gasteiger partial charge in [-0.15, -0.1) is 11.6 Å². The predicted octanol–water partition coefficient (Wildman–Crippen LogP) is 4.31. The van der Waals surface area contributed by atoms with E-state index in [0.29, 0.717) is 5.56 Å². The maximum absolute atomic E-state index is 12.5. The number of alkyl halides is 1. The maximum Gasteiger partial charge on any atom is 0.193 e. The van der Waals surface area contributed by atoms with E-state index in [1.54, 1.807) is 19.1 Å². The lowest BCUT2D eigenvalue weighted by atomic mass is 10.0. The van der Waals surface area contributed by atoms with Crippen LogP contribution in [0, 0.1) is 0 Å². The second-order valence-corrected chi connectivity index (χ2v) is 12.4. The molecule has 0 amide bonds. The number of hydrogen-bond acceptors (Lipinski definition) is 3. The minimum atomic E-state index is -2.05. The van der Waals surface area contributed by atoms with E-state index in [-0.39, 0.29) is 10.8 Å². The van der Waals surface area contributed by atoms with Crippen molar-refractivity contribution >= 4 is 25.7 Å². The SMILES string of the molecule is C[C@H](O[Si](C)(C)C(C)(C)C)C(=O)[C@H](Cl)[C@@H](O)c1ccccc1. The number of halogens is 1. The third kappa shape index (κ3) is 4.65. The van der Waals surface area contributed by atoms with Crippen LogP contribution in [0.5, 0.6) is 0 Å². The smallest absolute Gasteiger partial charge is 0.193 e. The zero-order chi connectivity index (χ0) is 17.1. The van der Waals surface area contributed by atoms with Crippen LogP contribution in [0.15, 0.2) is 30.3 Å². The van der Waals surface area contributed by atoms with Gasteiger partial charge in [0, 0.05) is 0 Å². The Labute approximate surface area is 139 Å². The van der Waals surface area contributed by atoms with Crippen molar-refractivity contribution in [2.24, 2.45) is 0 Å². The average molecular weight is 343 g/mol. The Bertz CT molecular complexity index is 496. The van der Waals surface area contributed by atoms with Crippen molar-refractivity contribution in [1.82, 2.24) is 0 Å². The molecule has 0 bridgehead atoms. The number of aliphatic hydroxyl groups excluding tert-OH is 1. The van der Waals surface area contributed by atoms with Gasteiger partial charge in [-0.25, -0.2) is 0 Å².